The lowest BCUT2D eigenvalue weighted by molar-refractivity contribution is 0.304. The van der Waals surface area contributed by atoms with Crippen LogP contribution in [0, 0.1) is 0 Å². The van der Waals surface area contributed by atoms with Gasteiger partial charge in [-0.3, -0.25) is 5.10 Å². The first-order valence-electron chi connectivity index (χ1n) is 9.55. The van der Waals surface area contributed by atoms with Gasteiger partial charge < -0.3 is 19.3 Å². The van der Waals surface area contributed by atoms with E-state index in [0.29, 0.717) is 35.1 Å². The van der Waals surface area contributed by atoms with E-state index in [0.717, 1.165) is 21.2 Å². The van der Waals surface area contributed by atoms with Crippen LogP contribution in [0.5, 0.6) is 23.0 Å². The van der Waals surface area contributed by atoms with Gasteiger partial charge in [0.25, 0.3) is 0 Å². The average molecular weight is 481 g/mol. The lowest BCUT2D eigenvalue weighted by atomic mass is 10.0. The zero-order valence-corrected chi connectivity index (χ0v) is 18.6. The number of halogens is 1. The number of phenolic OH excluding ortho intramolecular Hbond substituents is 1. The molecular weight excluding hydrogens is 460 g/mol. The molecule has 7 heteroatoms. The Balaban J connectivity index is 1.58. The Labute approximate surface area is 188 Å². The molecule has 4 rings (SSSR count). The first kappa shape index (κ1) is 20.8. The summed E-state index contributed by atoms with van der Waals surface area (Å²) >= 11 is 3.42. The Kier molecular flexibility index (Phi) is 6.13. The van der Waals surface area contributed by atoms with Crippen molar-refractivity contribution in [2.45, 2.75) is 6.61 Å². The van der Waals surface area contributed by atoms with Crippen molar-refractivity contribution in [3.63, 3.8) is 0 Å². The van der Waals surface area contributed by atoms with Crippen LogP contribution in [0.3, 0.4) is 0 Å². The Morgan fingerprint density at radius 2 is 1.68 bits per heavy atom. The van der Waals surface area contributed by atoms with Crippen LogP contribution in [0.1, 0.15) is 5.56 Å². The zero-order chi connectivity index (χ0) is 21.8. The molecule has 1 heterocycles. The summed E-state index contributed by atoms with van der Waals surface area (Å²) in [7, 11) is 3.19. The molecular formula is C24H21BrN2O4. The average Bonchev–Trinajstić information content (AvgIpc) is 3.28. The van der Waals surface area contributed by atoms with Gasteiger partial charge in [0.05, 0.1) is 26.1 Å². The van der Waals surface area contributed by atoms with Crippen LogP contribution >= 0.6 is 15.9 Å². The van der Waals surface area contributed by atoms with E-state index in [-0.39, 0.29) is 5.75 Å². The minimum atomic E-state index is 0.0966. The second-order valence-corrected chi connectivity index (χ2v) is 7.74. The molecule has 4 aromatic rings. The second kappa shape index (κ2) is 9.14. The number of benzene rings is 3. The maximum Gasteiger partial charge on any atom is 0.161 e. The van der Waals surface area contributed by atoms with E-state index in [9.17, 15) is 5.11 Å². The Morgan fingerprint density at radius 1 is 0.903 bits per heavy atom. The number of phenols is 1. The molecule has 2 N–H and O–H groups in total. The third-order valence-electron chi connectivity index (χ3n) is 4.89. The highest BCUT2D eigenvalue weighted by Gasteiger charge is 2.16. The topological polar surface area (TPSA) is 76.6 Å². The van der Waals surface area contributed by atoms with Gasteiger partial charge in [-0.15, -0.1) is 0 Å². The van der Waals surface area contributed by atoms with Crippen molar-refractivity contribution in [2.75, 3.05) is 14.2 Å². The van der Waals surface area contributed by atoms with Crippen molar-refractivity contribution in [1.29, 1.82) is 0 Å². The van der Waals surface area contributed by atoms with Gasteiger partial charge in [-0.25, -0.2) is 0 Å². The van der Waals surface area contributed by atoms with Crippen LogP contribution in [0.15, 0.2) is 71.3 Å². The molecule has 0 bridgehead atoms. The standard InChI is InChI=1S/C24H21BrN2O4/c1-29-22-10-5-16(11-23(22)30-2)20-13-26-27-24(20)19-9-8-18(12-21(19)28)31-14-15-3-6-17(25)7-4-15/h3-13,28H,14H2,1-2H3,(H,26,27). The number of hydrogen-bond donors (Lipinski definition) is 2. The van der Waals surface area contributed by atoms with Crippen molar-refractivity contribution >= 4 is 15.9 Å². The maximum absolute atomic E-state index is 10.7. The summed E-state index contributed by atoms with van der Waals surface area (Å²) in [5.41, 5.74) is 4.08. The molecule has 3 aromatic carbocycles. The fourth-order valence-electron chi connectivity index (χ4n) is 3.27. The van der Waals surface area contributed by atoms with E-state index in [1.54, 1.807) is 26.5 Å². The van der Waals surface area contributed by atoms with Gasteiger partial charge in [0.2, 0.25) is 0 Å². The quantitative estimate of drug-likeness (QED) is 0.349. The SMILES string of the molecule is COc1ccc(-c2cn[nH]c2-c2ccc(OCc3ccc(Br)cc3)cc2O)cc1OC. The molecule has 0 aliphatic heterocycles. The van der Waals surface area contributed by atoms with Crippen LogP contribution in [-0.4, -0.2) is 29.5 Å². The van der Waals surface area contributed by atoms with E-state index < -0.39 is 0 Å². The molecule has 0 spiro atoms. The molecule has 0 aliphatic rings. The summed E-state index contributed by atoms with van der Waals surface area (Å²) < 4.78 is 17.6. The highest BCUT2D eigenvalue weighted by atomic mass is 79.9. The molecule has 0 unspecified atom stereocenters. The largest absolute Gasteiger partial charge is 0.507 e. The summed E-state index contributed by atoms with van der Waals surface area (Å²) in [6, 6.07) is 18.8. The van der Waals surface area contributed by atoms with Gasteiger partial charge >= 0.3 is 0 Å². The minimum Gasteiger partial charge on any atom is -0.507 e. The highest BCUT2D eigenvalue weighted by molar-refractivity contribution is 9.10. The minimum absolute atomic E-state index is 0.0966. The van der Waals surface area contributed by atoms with Crippen molar-refractivity contribution in [1.82, 2.24) is 10.2 Å². The Bertz CT molecular complexity index is 1190. The summed E-state index contributed by atoms with van der Waals surface area (Å²) in [4.78, 5) is 0. The fraction of sp³-hybridized carbons (Fsp3) is 0.125. The van der Waals surface area contributed by atoms with E-state index in [1.165, 1.54) is 0 Å². The van der Waals surface area contributed by atoms with Crippen LogP contribution in [0.25, 0.3) is 22.4 Å². The van der Waals surface area contributed by atoms with Crippen LogP contribution in [0.2, 0.25) is 0 Å². The molecule has 0 saturated heterocycles. The van der Waals surface area contributed by atoms with Gasteiger partial charge in [-0.05, 0) is 47.5 Å². The van der Waals surface area contributed by atoms with Gasteiger partial charge in [-0.1, -0.05) is 34.1 Å². The summed E-state index contributed by atoms with van der Waals surface area (Å²) in [6.45, 7) is 0.410. The number of nitrogens with one attached hydrogen (secondary N) is 1. The highest BCUT2D eigenvalue weighted by Crippen LogP contribution is 2.39. The number of ether oxygens (including phenoxy) is 3. The van der Waals surface area contributed by atoms with E-state index in [4.69, 9.17) is 14.2 Å². The molecule has 6 nitrogen and oxygen atoms in total. The Morgan fingerprint density at radius 3 is 2.39 bits per heavy atom. The molecule has 0 aliphatic carbocycles. The van der Waals surface area contributed by atoms with Crippen LogP contribution in [-0.2, 0) is 6.61 Å². The molecule has 31 heavy (non-hydrogen) atoms. The number of H-pyrrole nitrogens is 1. The van der Waals surface area contributed by atoms with Gasteiger partial charge in [0.15, 0.2) is 11.5 Å². The summed E-state index contributed by atoms with van der Waals surface area (Å²) in [6.07, 6.45) is 1.72. The predicted molar refractivity (Wildman–Crippen MR) is 123 cm³/mol. The number of aromatic hydroxyl groups is 1. The zero-order valence-electron chi connectivity index (χ0n) is 17.1. The normalized spacial score (nSPS) is 10.7. The molecule has 0 amide bonds. The number of nitrogens with zero attached hydrogens (tertiary/aromatic N) is 1. The van der Waals surface area contributed by atoms with Crippen molar-refractivity contribution < 1.29 is 19.3 Å². The van der Waals surface area contributed by atoms with Crippen molar-refractivity contribution in [2.24, 2.45) is 0 Å². The second-order valence-electron chi connectivity index (χ2n) is 6.82. The lowest BCUT2D eigenvalue weighted by Gasteiger charge is -2.12. The van der Waals surface area contributed by atoms with Gasteiger partial charge in [0.1, 0.15) is 18.1 Å². The number of aromatic nitrogens is 2. The third-order valence-corrected chi connectivity index (χ3v) is 5.42. The van der Waals surface area contributed by atoms with Crippen LogP contribution in [0.4, 0.5) is 0 Å². The first-order valence-corrected chi connectivity index (χ1v) is 10.3. The smallest absolute Gasteiger partial charge is 0.161 e. The molecule has 1 aromatic heterocycles. The molecule has 158 valence electrons. The summed E-state index contributed by atoms with van der Waals surface area (Å²) in [5, 5.41) is 17.8. The molecule has 0 atom stereocenters. The van der Waals surface area contributed by atoms with E-state index in [1.807, 2.05) is 54.6 Å². The number of rotatable bonds is 7. The first-order chi connectivity index (χ1) is 15.1. The fourth-order valence-corrected chi connectivity index (χ4v) is 3.54. The number of hydrogen-bond acceptors (Lipinski definition) is 5. The summed E-state index contributed by atoms with van der Waals surface area (Å²) in [5.74, 6) is 1.94. The molecule has 0 radical (unpaired) electrons. The van der Waals surface area contributed by atoms with Crippen molar-refractivity contribution in [3.05, 3.63) is 76.9 Å². The van der Waals surface area contributed by atoms with Crippen LogP contribution < -0.4 is 14.2 Å². The maximum atomic E-state index is 10.7. The third kappa shape index (κ3) is 4.51. The number of aromatic amines is 1. The van der Waals surface area contributed by atoms with E-state index >= 15 is 0 Å². The predicted octanol–water partition coefficient (Wildman–Crippen LogP) is 5.81. The lowest BCUT2D eigenvalue weighted by Crippen LogP contribution is -1.95. The monoisotopic (exact) mass is 480 g/mol. The van der Waals surface area contributed by atoms with Gasteiger partial charge in [0, 0.05) is 21.7 Å². The van der Waals surface area contributed by atoms with Crippen molar-refractivity contribution in [3.8, 4) is 45.4 Å². The molecule has 0 saturated carbocycles. The Hall–Kier alpha value is -3.45. The van der Waals surface area contributed by atoms with Gasteiger partial charge in [-0.2, -0.15) is 5.10 Å². The molecule has 0 fully saturated rings. The number of methoxy groups -OCH3 is 2. The van der Waals surface area contributed by atoms with E-state index in [2.05, 4.69) is 26.1 Å².